The van der Waals surface area contributed by atoms with E-state index in [9.17, 15) is 0 Å². The summed E-state index contributed by atoms with van der Waals surface area (Å²) >= 11 is 0. The molecular formula is C22H20. The van der Waals surface area contributed by atoms with Crippen LogP contribution in [0.25, 0.3) is 11.6 Å². The number of hydrogen-bond acceptors (Lipinski definition) is 0. The van der Waals surface area contributed by atoms with Gasteiger partial charge in [0.1, 0.15) is 0 Å². The summed E-state index contributed by atoms with van der Waals surface area (Å²) in [5.74, 6) is 0. The lowest BCUT2D eigenvalue weighted by Crippen LogP contribution is -1.84. The van der Waals surface area contributed by atoms with E-state index < -0.39 is 0 Å². The molecule has 0 aliphatic heterocycles. The van der Waals surface area contributed by atoms with Gasteiger partial charge in [-0.25, -0.2) is 0 Å². The van der Waals surface area contributed by atoms with E-state index in [1.807, 2.05) is 72.8 Å². The van der Waals surface area contributed by atoms with Crippen molar-refractivity contribution in [1.82, 2.24) is 0 Å². The standard InChI is InChI=1S/C14H12.C8H8/c1-12(13-8-4-2-5-9-13)14-10-6-3-7-11-14;1-2-8-6-4-3-5-7-8/h2-11H,1H2;2-7H,1H2. The van der Waals surface area contributed by atoms with Crippen LogP contribution in [0.2, 0.25) is 0 Å². The zero-order valence-electron chi connectivity index (χ0n) is 12.7. The first-order chi connectivity index (χ1) is 10.8. The van der Waals surface area contributed by atoms with Crippen LogP contribution < -0.4 is 0 Å². The highest BCUT2D eigenvalue weighted by Gasteiger charge is 1.99. The molecule has 22 heavy (non-hydrogen) atoms. The molecule has 0 bridgehead atoms. The maximum atomic E-state index is 4.10. The van der Waals surface area contributed by atoms with Crippen LogP contribution in [0.4, 0.5) is 0 Å². The van der Waals surface area contributed by atoms with Crippen molar-refractivity contribution in [1.29, 1.82) is 0 Å². The van der Waals surface area contributed by atoms with Gasteiger partial charge in [-0.3, -0.25) is 0 Å². The third kappa shape index (κ3) is 4.60. The van der Waals surface area contributed by atoms with Gasteiger partial charge in [0.25, 0.3) is 0 Å². The molecule has 0 radical (unpaired) electrons. The maximum absolute atomic E-state index is 4.10. The number of hydrogen-bond donors (Lipinski definition) is 0. The van der Waals surface area contributed by atoms with Gasteiger partial charge < -0.3 is 0 Å². The van der Waals surface area contributed by atoms with Gasteiger partial charge in [0.2, 0.25) is 0 Å². The average molecular weight is 284 g/mol. The van der Waals surface area contributed by atoms with E-state index >= 15 is 0 Å². The van der Waals surface area contributed by atoms with E-state index in [1.165, 1.54) is 16.7 Å². The van der Waals surface area contributed by atoms with E-state index in [-0.39, 0.29) is 0 Å². The van der Waals surface area contributed by atoms with Crippen molar-refractivity contribution in [3.8, 4) is 0 Å². The Bertz CT molecular complexity index is 653. The van der Waals surface area contributed by atoms with E-state index in [2.05, 4.69) is 37.4 Å². The normalized spacial score (nSPS) is 9.27. The third-order valence-electron chi connectivity index (χ3n) is 3.28. The Labute approximate surface area is 133 Å². The molecule has 0 saturated heterocycles. The van der Waals surface area contributed by atoms with Gasteiger partial charge in [-0.05, 0) is 22.3 Å². The summed E-state index contributed by atoms with van der Waals surface area (Å²) in [6.45, 7) is 7.73. The number of benzene rings is 3. The molecule has 0 heteroatoms. The first kappa shape index (κ1) is 15.5. The molecule has 0 aliphatic carbocycles. The molecule has 0 atom stereocenters. The molecule has 0 aliphatic rings. The fourth-order valence-electron chi connectivity index (χ4n) is 2.03. The lowest BCUT2D eigenvalue weighted by molar-refractivity contribution is 1.56. The molecule has 0 heterocycles. The Balaban J connectivity index is 0.000000188. The second kappa shape index (κ2) is 8.43. The van der Waals surface area contributed by atoms with Crippen LogP contribution in [0, 0.1) is 0 Å². The monoisotopic (exact) mass is 284 g/mol. The highest BCUT2D eigenvalue weighted by atomic mass is 14.0. The van der Waals surface area contributed by atoms with Crippen molar-refractivity contribution >= 4 is 11.6 Å². The van der Waals surface area contributed by atoms with Crippen LogP contribution in [-0.2, 0) is 0 Å². The molecular weight excluding hydrogens is 264 g/mol. The minimum absolute atomic E-state index is 1.08. The minimum atomic E-state index is 1.08. The van der Waals surface area contributed by atoms with Crippen molar-refractivity contribution < 1.29 is 0 Å². The molecule has 0 amide bonds. The predicted octanol–water partition coefficient (Wildman–Crippen LogP) is 6.08. The lowest BCUT2D eigenvalue weighted by atomic mass is 10.0. The van der Waals surface area contributed by atoms with Gasteiger partial charge in [-0.15, -0.1) is 0 Å². The van der Waals surface area contributed by atoms with E-state index in [0.29, 0.717) is 0 Å². The summed E-state index contributed by atoms with van der Waals surface area (Å²) in [4.78, 5) is 0. The SMILES string of the molecule is C=C(c1ccccc1)c1ccccc1.C=Cc1ccccc1. The average Bonchev–Trinajstić information content (AvgIpc) is 2.64. The fraction of sp³-hybridized carbons (Fsp3) is 0. The summed E-state index contributed by atoms with van der Waals surface area (Å²) in [5, 5.41) is 0. The Morgan fingerprint density at radius 2 is 0.955 bits per heavy atom. The van der Waals surface area contributed by atoms with Crippen LogP contribution in [0.1, 0.15) is 16.7 Å². The van der Waals surface area contributed by atoms with Crippen molar-refractivity contribution in [3.63, 3.8) is 0 Å². The van der Waals surface area contributed by atoms with E-state index in [1.54, 1.807) is 0 Å². The molecule has 0 N–H and O–H groups in total. The van der Waals surface area contributed by atoms with E-state index in [4.69, 9.17) is 0 Å². The zero-order chi connectivity index (χ0) is 15.6. The zero-order valence-corrected chi connectivity index (χ0v) is 12.7. The van der Waals surface area contributed by atoms with Gasteiger partial charge in [-0.1, -0.05) is 110 Å². The van der Waals surface area contributed by atoms with Crippen molar-refractivity contribution in [3.05, 3.63) is 121 Å². The molecule has 108 valence electrons. The highest BCUT2D eigenvalue weighted by molar-refractivity contribution is 5.77. The Kier molecular flexibility index (Phi) is 5.95. The third-order valence-corrected chi connectivity index (χ3v) is 3.28. The lowest BCUT2D eigenvalue weighted by Gasteiger charge is -2.04. The molecule has 0 spiro atoms. The van der Waals surface area contributed by atoms with Crippen molar-refractivity contribution in [2.75, 3.05) is 0 Å². The van der Waals surface area contributed by atoms with Crippen molar-refractivity contribution in [2.24, 2.45) is 0 Å². The van der Waals surface area contributed by atoms with Gasteiger partial charge in [0.05, 0.1) is 0 Å². The molecule has 3 aromatic carbocycles. The molecule has 3 rings (SSSR count). The van der Waals surface area contributed by atoms with Crippen molar-refractivity contribution in [2.45, 2.75) is 0 Å². The molecule has 3 aromatic rings. The summed E-state index contributed by atoms with van der Waals surface area (Å²) in [6, 6.07) is 30.5. The van der Waals surface area contributed by atoms with Gasteiger partial charge in [0, 0.05) is 0 Å². The van der Waals surface area contributed by atoms with Gasteiger partial charge in [0.15, 0.2) is 0 Å². The quantitative estimate of drug-likeness (QED) is 0.547. The Morgan fingerprint density at radius 3 is 1.27 bits per heavy atom. The number of rotatable bonds is 3. The molecule has 0 aromatic heterocycles. The van der Waals surface area contributed by atoms with Crippen LogP contribution in [0.3, 0.4) is 0 Å². The first-order valence-electron chi connectivity index (χ1n) is 7.28. The molecule has 0 nitrogen and oxygen atoms in total. The second-order valence-corrected chi connectivity index (χ2v) is 4.83. The topological polar surface area (TPSA) is 0 Å². The Morgan fingerprint density at radius 1 is 0.591 bits per heavy atom. The smallest absolute Gasteiger partial charge is 0.0183 e. The predicted molar refractivity (Wildman–Crippen MR) is 97.6 cm³/mol. The molecule has 0 unspecified atom stereocenters. The summed E-state index contributed by atoms with van der Waals surface area (Å²) < 4.78 is 0. The van der Waals surface area contributed by atoms with E-state index in [0.717, 1.165) is 5.57 Å². The van der Waals surface area contributed by atoms with Gasteiger partial charge >= 0.3 is 0 Å². The largest absolute Gasteiger partial charge is 0.0985 e. The van der Waals surface area contributed by atoms with Crippen LogP contribution in [0.15, 0.2) is 104 Å². The Hall–Kier alpha value is -2.86. The molecule has 0 saturated carbocycles. The second-order valence-electron chi connectivity index (χ2n) is 4.83. The fourth-order valence-corrected chi connectivity index (χ4v) is 2.03. The first-order valence-corrected chi connectivity index (χ1v) is 7.28. The minimum Gasteiger partial charge on any atom is -0.0985 e. The highest BCUT2D eigenvalue weighted by Crippen LogP contribution is 2.20. The van der Waals surface area contributed by atoms with Crippen LogP contribution >= 0.6 is 0 Å². The summed E-state index contributed by atoms with van der Waals surface area (Å²) in [7, 11) is 0. The summed E-state index contributed by atoms with van der Waals surface area (Å²) in [5.41, 5.74) is 4.61. The maximum Gasteiger partial charge on any atom is -0.0183 e. The van der Waals surface area contributed by atoms with Crippen LogP contribution in [0.5, 0.6) is 0 Å². The van der Waals surface area contributed by atoms with Crippen LogP contribution in [-0.4, -0.2) is 0 Å². The van der Waals surface area contributed by atoms with Gasteiger partial charge in [-0.2, -0.15) is 0 Å². The summed E-state index contributed by atoms with van der Waals surface area (Å²) in [6.07, 6.45) is 1.83. The molecule has 0 fully saturated rings.